The summed E-state index contributed by atoms with van der Waals surface area (Å²) in [6.07, 6.45) is 1.99. The number of sulfone groups is 1. The van der Waals surface area contributed by atoms with E-state index < -0.39 is 9.84 Å². The van der Waals surface area contributed by atoms with Crippen LogP contribution in [0.25, 0.3) is 0 Å². The van der Waals surface area contributed by atoms with Crippen molar-refractivity contribution in [3.05, 3.63) is 29.0 Å². The molecule has 31 heavy (non-hydrogen) atoms. The monoisotopic (exact) mass is 492 g/mol. The van der Waals surface area contributed by atoms with Crippen LogP contribution in [0.5, 0.6) is 5.75 Å². The first-order chi connectivity index (χ1) is 14.1. The Morgan fingerprint density at radius 2 is 1.87 bits per heavy atom. The number of benzene rings is 1. The molecule has 0 amide bonds. The van der Waals surface area contributed by atoms with Crippen molar-refractivity contribution in [1.82, 2.24) is 15.0 Å². The van der Waals surface area contributed by atoms with Crippen molar-refractivity contribution in [2.24, 2.45) is 0 Å². The minimum Gasteiger partial charge on any atom is -0.493 e. The van der Waals surface area contributed by atoms with E-state index in [0.717, 1.165) is 44.7 Å². The molecule has 1 aliphatic heterocycles. The van der Waals surface area contributed by atoms with E-state index in [1.54, 1.807) is 12.1 Å². The third-order valence-electron chi connectivity index (χ3n) is 5.26. The van der Waals surface area contributed by atoms with Gasteiger partial charge in [0.05, 0.1) is 16.5 Å². The Bertz CT molecular complexity index is 960. The topological polar surface area (TPSA) is 88.8 Å². The maximum Gasteiger partial charge on any atom is 0.324 e. The molecule has 1 saturated heterocycles. The van der Waals surface area contributed by atoms with E-state index in [2.05, 4.69) is 26.9 Å². The van der Waals surface area contributed by atoms with Gasteiger partial charge in [0.25, 0.3) is 0 Å². The highest BCUT2D eigenvalue weighted by atomic mass is 35.5. The average Bonchev–Trinajstić information content (AvgIpc) is 3.18. The number of rotatable bonds is 8. The highest BCUT2D eigenvalue weighted by Gasteiger charge is 2.24. The Hall–Kier alpha value is -1.55. The number of halogens is 2. The van der Waals surface area contributed by atoms with Gasteiger partial charge >= 0.3 is 6.01 Å². The summed E-state index contributed by atoms with van der Waals surface area (Å²) in [5.41, 5.74) is 0. The number of nitrogens with zero attached hydrogens (tertiary/aromatic N) is 4. The van der Waals surface area contributed by atoms with Crippen LogP contribution in [0.2, 0.25) is 5.02 Å². The van der Waals surface area contributed by atoms with Crippen LogP contribution in [-0.2, 0) is 9.84 Å². The molecular weight excluding hydrogens is 463 g/mol. The first-order valence-electron chi connectivity index (χ1n) is 10.1. The minimum atomic E-state index is -3.34. The fourth-order valence-corrected chi connectivity index (χ4v) is 4.66. The molecule has 11 heteroatoms. The first-order valence-corrected chi connectivity index (χ1v) is 12.4. The van der Waals surface area contributed by atoms with Crippen molar-refractivity contribution in [3.8, 4) is 5.75 Å². The number of ether oxygens (including phenoxy) is 1. The zero-order valence-electron chi connectivity index (χ0n) is 18.2. The van der Waals surface area contributed by atoms with E-state index in [0.29, 0.717) is 24.4 Å². The smallest absolute Gasteiger partial charge is 0.324 e. The number of aromatic nitrogens is 2. The van der Waals surface area contributed by atoms with Gasteiger partial charge in [0.15, 0.2) is 15.7 Å². The van der Waals surface area contributed by atoms with Gasteiger partial charge in [-0.2, -0.15) is 4.98 Å². The second-order valence-electron chi connectivity index (χ2n) is 7.96. The van der Waals surface area contributed by atoms with E-state index in [1.807, 2.05) is 13.8 Å². The summed E-state index contributed by atoms with van der Waals surface area (Å²) in [5, 5.41) is 4.22. The van der Waals surface area contributed by atoms with Crippen molar-refractivity contribution in [1.29, 1.82) is 0 Å². The Morgan fingerprint density at radius 1 is 1.19 bits per heavy atom. The minimum absolute atomic E-state index is 0. The van der Waals surface area contributed by atoms with Crippen LogP contribution in [0, 0.1) is 0 Å². The lowest BCUT2D eigenvalue weighted by atomic mass is 10.2. The Morgan fingerprint density at radius 3 is 2.42 bits per heavy atom. The number of hydrogen-bond acceptors (Lipinski definition) is 8. The summed E-state index contributed by atoms with van der Waals surface area (Å²) in [4.78, 5) is 9.14. The molecule has 1 aromatic heterocycles. The molecule has 2 aromatic rings. The van der Waals surface area contributed by atoms with E-state index in [-0.39, 0.29) is 28.2 Å². The summed E-state index contributed by atoms with van der Waals surface area (Å²) in [5.74, 6) is 1.56. The van der Waals surface area contributed by atoms with Gasteiger partial charge in [-0.15, -0.1) is 12.4 Å². The molecule has 0 bridgehead atoms. The molecule has 3 rings (SSSR count). The van der Waals surface area contributed by atoms with Gasteiger partial charge in [-0.05, 0) is 25.5 Å². The third-order valence-corrected chi connectivity index (χ3v) is 6.84. The van der Waals surface area contributed by atoms with Crippen LogP contribution in [0.15, 0.2) is 27.6 Å². The highest BCUT2D eigenvalue weighted by Crippen LogP contribution is 2.26. The van der Waals surface area contributed by atoms with Gasteiger partial charge in [-0.1, -0.05) is 30.6 Å². The third kappa shape index (κ3) is 6.71. The van der Waals surface area contributed by atoms with Crippen molar-refractivity contribution >= 4 is 39.9 Å². The zero-order chi connectivity index (χ0) is 21.9. The molecule has 1 aromatic carbocycles. The Kier molecular flexibility index (Phi) is 9.00. The summed E-state index contributed by atoms with van der Waals surface area (Å²) in [6, 6.07) is 5.63. The van der Waals surface area contributed by atoms with Crippen molar-refractivity contribution in [2.45, 2.75) is 44.0 Å². The van der Waals surface area contributed by atoms with E-state index in [9.17, 15) is 8.42 Å². The fourth-order valence-electron chi connectivity index (χ4n) is 3.35. The van der Waals surface area contributed by atoms with Gasteiger partial charge in [0.1, 0.15) is 5.75 Å². The second kappa shape index (κ2) is 10.8. The van der Waals surface area contributed by atoms with Gasteiger partial charge in [-0.3, -0.25) is 4.90 Å². The molecule has 0 radical (unpaired) electrons. The van der Waals surface area contributed by atoms with Crippen molar-refractivity contribution in [2.75, 3.05) is 43.9 Å². The molecular formula is C20H30Cl2N4O4S. The molecule has 1 unspecified atom stereocenters. The first kappa shape index (κ1) is 25.7. The summed E-state index contributed by atoms with van der Waals surface area (Å²) < 4.78 is 34.5. The van der Waals surface area contributed by atoms with Crippen molar-refractivity contribution < 1.29 is 17.7 Å². The van der Waals surface area contributed by atoms with Crippen LogP contribution < -0.4 is 9.64 Å². The second-order valence-corrected chi connectivity index (χ2v) is 10.4. The molecule has 0 spiro atoms. The van der Waals surface area contributed by atoms with E-state index in [4.69, 9.17) is 20.9 Å². The molecule has 1 atom stereocenters. The van der Waals surface area contributed by atoms with Gasteiger partial charge in [0, 0.05) is 50.5 Å². The summed E-state index contributed by atoms with van der Waals surface area (Å²) >= 11 is 6.07. The largest absolute Gasteiger partial charge is 0.493 e. The van der Waals surface area contributed by atoms with Crippen LogP contribution in [0.3, 0.4) is 0 Å². The molecule has 2 heterocycles. The lowest BCUT2D eigenvalue weighted by molar-refractivity contribution is 0.163. The van der Waals surface area contributed by atoms with Crippen molar-refractivity contribution in [3.63, 3.8) is 0 Å². The Labute approximate surface area is 195 Å². The predicted molar refractivity (Wildman–Crippen MR) is 124 cm³/mol. The maximum absolute atomic E-state index is 11.6. The quantitative estimate of drug-likeness (QED) is 0.551. The SMILES string of the molecule is CC(C)c1noc(N2CCN(C(C)CCOc3ccc(S(C)(=O)=O)c(Cl)c3)CC2)n1.Cl. The van der Waals surface area contributed by atoms with Crippen LogP contribution in [0.4, 0.5) is 6.01 Å². The average molecular weight is 493 g/mol. The van der Waals surface area contributed by atoms with E-state index in [1.165, 1.54) is 6.07 Å². The standard InChI is InChI=1S/C20H29ClN4O4S.ClH/c1-14(2)19-22-20(29-23-19)25-10-8-24(9-11-25)15(3)7-12-28-16-5-6-18(17(21)13-16)30(4,26)27;/h5-6,13-15H,7-12H2,1-4H3;1H. The lowest BCUT2D eigenvalue weighted by Gasteiger charge is -2.37. The lowest BCUT2D eigenvalue weighted by Crippen LogP contribution is -2.50. The van der Waals surface area contributed by atoms with Gasteiger partial charge in [0.2, 0.25) is 0 Å². The van der Waals surface area contributed by atoms with Crippen LogP contribution in [-0.4, -0.2) is 68.5 Å². The molecule has 1 aliphatic rings. The predicted octanol–water partition coefficient (Wildman–Crippen LogP) is 3.65. The van der Waals surface area contributed by atoms with Gasteiger partial charge < -0.3 is 14.2 Å². The molecule has 0 aliphatic carbocycles. The van der Waals surface area contributed by atoms with Gasteiger partial charge in [-0.25, -0.2) is 8.42 Å². The Balaban J connectivity index is 0.00000341. The van der Waals surface area contributed by atoms with E-state index >= 15 is 0 Å². The number of anilines is 1. The van der Waals surface area contributed by atoms with Crippen LogP contribution in [0.1, 0.15) is 38.9 Å². The molecule has 1 fully saturated rings. The number of hydrogen-bond donors (Lipinski definition) is 0. The fraction of sp³-hybridized carbons (Fsp3) is 0.600. The molecule has 174 valence electrons. The summed E-state index contributed by atoms with van der Waals surface area (Å²) in [7, 11) is -3.34. The maximum atomic E-state index is 11.6. The molecule has 0 N–H and O–H groups in total. The molecule has 8 nitrogen and oxygen atoms in total. The molecule has 0 saturated carbocycles. The normalized spacial score (nSPS) is 16.3. The van der Waals surface area contributed by atoms with Crippen LogP contribution >= 0.6 is 24.0 Å². The summed E-state index contributed by atoms with van der Waals surface area (Å²) in [6.45, 7) is 10.3. The highest BCUT2D eigenvalue weighted by molar-refractivity contribution is 7.90. The number of piperazine rings is 1. The zero-order valence-corrected chi connectivity index (χ0v) is 20.6.